The Kier molecular flexibility index (Phi) is 4.74. The molecule has 0 saturated heterocycles. The molecule has 0 aromatic heterocycles. The van der Waals surface area contributed by atoms with E-state index in [1.807, 2.05) is 30.3 Å². The minimum absolute atomic E-state index is 0.0224. The molecule has 1 aliphatic carbocycles. The zero-order valence-corrected chi connectivity index (χ0v) is 13.5. The van der Waals surface area contributed by atoms with Crippen molar-refractivity contribution in [1.29, 1.82) is 0 Å². The largest absolute Gasteiger partial charge is 0.353 e. The van der Waals surface area contributed by atoms with Gasteiger partial charge in [0.25, 0.3) is 0 Å². The van der Waals surface area contributed by atoms with Crippen molar-refractivity contribution in [1.82, 2.24) is 10.3 Å². The summed E-state index contributed by atoms with van der Waals surface area (Å²) in [6, 6.07) is 10.2. The van der Waals surface area contributed by atoms with Gasteiger partial charge in [0.15, 0.2) is 0 Å². The zero-order valence-electron chi connectivity index (χ0n) is 13.5. The smallest absolute Gasteiger partial charge is 0.243 e. The van der Waals surface area contributed by atoms with Gasteiger partial charge in [0.2, 0.25) is 11.8 Å². The Hall–Kier alpha value is -2.17. The van der Waals surface area contributed by atoms with Gasteiger partial charge in [0, 0.05) is 25.3 Å². The molecule has 122 valence electrons. The Balaban J connectivity index is 1.46. The fourth-order valence-corrected chi connectivity index (χ4v) is 2.97. The van der Waals surface area contributed by atoms with Crippen LogP contribution in [0.25, 0.3) is 0 Å². The third kappa shape index (κ3) is 3.97. The first-order valence-corrected chi connectivity index (χ1v) is 8.40. The molecule has 2 atom stereocenters. The van der Waals surface area contributed by atoms with E-state index >= 15 is 0 Å². The van der Waals surface area contributed by atoms with Crippen LogP contribution >= 0.6 is 0 Å². The Morgan fingerprint density at radius 1 is 1.26 bits per heavy atom. The maximum absolute atomic E-state index is 12.2. The van der Waals surface area contributed by atoms with Crippen LogP contribution in [0.3, 0.4) is 0 Å². The topological polar surface area (TPSA) is 61.8 Å². The maximum Gasteiger partial charge on any atom is 0.243 e. The number of carbonyl (C=O) groups excluding carboxylic acids is 2. The van der Waals surface area contributed by atoms with Gasteiger partial charge in [0.05, 0.1) is 12.3 Å². The average Bonchev–Trinajstić information content (AvgIpc) is 3.13. The SMILES string of the molecule is CC[C@@H]1C[C@H]1NC(=O)CCC(=O)N1CCC(c2ccccc2)=N1. The van der Waals surface area contributed by atoms with Crippen LogP contribution in [0.1, 0.15) is 44.6 Å². The first-order valence-electron chi connectivity index (χ1n) is 8.40. The summed E-state index contributed by atoms with van der Waals surface area (Å²) in [7, 11) is 0. The van der Waals surface area contributed by atoms with Crippen LogP contribution in [0.5, 0.6) is 0 Å². The lowest BCUT2D eigenvalue weighted by molar-refractivity contribution is -0.133. The van der Waals surface area contributed by atoms with E-state index in [1.54, 1.807) is 0 Å². The molecule has 5 heteroatoms. The quantitative estimate of drug-likeness (QED) is 0.876. The number of hydrogen-bond acceptors (Lipinski definition) is 3. The number of benzene rings is 1. The molecule has 5 nitrogen and oxygen atoms in total. The van der Waals surface area contributed by atoms with Crippen molar-refractivity contribution >= 4 is 17.5 Å². The van der Waals surface area contributed by atoms with Gasteiger partial charge in [0.1, 0.15) is 0 Å². The molecule has 1 aromatic rings. The van der Waals surface area contributed by atoms with Crippen molar-refractivity contribution < 1.29 is 9.59 Å². The van der Waals surface area contributed by atoms with Crippen LogP contribution in [0.15, 0.2) is 35.4 Å². The summed E-state index contributed by atoms with van der Waals surface area (Å²) in [6.07, 6.45) is 3.42. The molecule has 0 bridgehead atoms. The average molecular weight is 313 g/mol. The van der Waals surface area contributed by atoms with Crippen LogP contribution in [-0.4, -0.2) is 35.1 Å². The van der Waals surface area contributed by atoms with E-state index in [0.29, 0.717) is 18.5 Å². The van der Waals surface area contributed by atoms with Gasteiger partial charge in [-0.15, -0.1) is 0 Å². The second kappa shape index (κ2) is 6.94. The number of nitrogens with one attached hydrogen (secondary N) is 1. The molecule has 1 fully saturated rings. The van der Waals surface area contributed by atoms with E-state index in [4.69, 9.17) is 0 Å². The molecule has 23 heavy (non-hydrogen) atoms. The lowest BCUT2D eigenvalue weighted by Gasteiger charge is -2.11. The van der Waals surface area contributed by atoms with Crippen molar-refractivity contribution in [3.63, 3.8) is 0 Å². The Labute approximate surface area is 136 Å². The molecular formula is C18H23N3O2. The highest BCUT2D eigenvalue weighted by Crippen LogP contribution is 2.33. The van der Waals surface area contributed by atoms with Crippen molar-refractivity contribution in [3.05, 3.63) is 35.9 Å². The molecule has 2 amide bonds. The molecule has 1 N–H and O–H groups in total. The lowest BCUT2D eigenvalue weighted by atomic mass is 10.1. The Morgan fingerprint density at radius 2 is 2.04 bits per heavy atom. The summed E-state index contributed by atoms with van der Waals surface area (Å²) < 4.78 is 0. The van der Waals surface area contributed by atoms with E-state index in [2.05, 4.69) is 17.3 Å². The van der Waals surface area contributed by atoms with Gasteiger partial charge >= 0.3 is 0 Å². The molecule has 0 spiro atoms. The standard InChI is InChI=1S/C18H23N3O2/c1-2-13-12-16(13)19-17(22)8-9-18(23)21-11-10-15(20-21)14-6-4-3-5-7-14/h3-7,13,16H,2,8-12H2,1H3,(H,19,22)/t13-,16-/m1/s1. The zero-order chi connectivity index (χ0) is 16.2. The normalized spacial score (nSPS) is 22.7. The molecule has 1 heterocycles. The van der Waals surface area contributed by atoms with Crippen LogP contribution in [0.4, 0.5) is 0 Å². The second-order valence-corrected chi connectivity index (χ2v) is 6.26. The van der Waals surface area contributed by atoms with Crippen LogP contribution in [-0.2, 0) is 9.59 Å². The van der Waals surface area contributed by atoms with Crippen LogP contribution in [0, 0.1) is 5.92 Å². The summed E-state index contributed by atoms with van der Waals surface area (Å²) in [5, 5.41) is 8.90. The summed E-state index contributed by atoms with van der Waals surface area (Å²) in [5.41, 5.74) is 1.99. The van der Waals surface area contributed by atoms with Gasteiger partial charge < -0.3 is 5.32 Å². The van der Waals surface area contributed by atoms with Crippen molar-refractivity contribution in [3.8, 4) is 0 Å². The molecule has 2 aliphatic rings. The molecular weight excluding hydrogens is 290 g/mol. The second-order valence-electron chi connectivity index (χ2n) is 6.26. The first-order chi connectivity index (χ1) is 11.2. The van der Waals surface area contributed by atoms with E-state index in [1.165, 1.54) is 5.01 Å². The van der Waals surface area contributed by atoms with Crippen molar-refractivity contribution in [2.75, 3.05) is 6.54 Å². The number of nitrogens with zero attached hydrogens (tertiary/aromatic N) is 2. The highest BCUT2D eigenvalue weighted by atomic mass is 16.2. The molecule has 1 aliphatic heterocycles. The molecule has 3 rings (SSSR count). The Bertz CT molecular complexity index is 612. The minimum atomic E-state index is -0.0751. The van der Waals surface area contributed by atoms with E-state index in [0.717, 1.165) is 30.5 Å². The van der Waals surface area contributed by atoms with E-state index in [9.17, 15) is 9.59 Å². The summed E-state index contributed by atoms with van der Waals surface area (Å²) in [4.78, 5) is 24.0. The molecule has 0 unspecified atom stereocenters. The fraction of sp³-hybridized carbons (Fsp3) is 0.500. The third-order valence-corrected chi connectivity index (χ3v) is 4.56. The monoisotopic (exact) mass is 313 g/mol. The number of amides is 2. The van der Waals surface area contributed by atoms with Crippen LogP contribution in [0.2, 0.25) is 0 Å². The van der Waals surface area contributed by atoms with Crippen LogP contribution < -0.4 is 5.32 Å². The predicted octanol–water partition coefficient (Wildman–Crippen LogP) is 2.32. The van der Waals surface area contributed by atoms with E-state index < -0.39 is 0 Å². The summed E-state index contributed by atoms with van der Waals surface area (Å²) >= 11 is 0. The Morgan fingerprint density at radius 3 is 2.74 bits per heavy atom. The van der Waals surface area contributed by atoms with Gasteiger partial charge in [-0.05, 0) is 17.9 Å². The van der Waals surface area contributed by atoms with Gasteiger partial charge in [-0.3, -0.25) is 9.59 Å². The molecule has 1 aromatic carbocycles. The third-order valence-electron chi connectivity index (χ3n) is 4.56. The van der Waals surface area contributed by atoms with Gasteiger partial charge in [-0.1, -0.05) is 43.7 Å². The fourth-order valence-electron chi connectivity index (χ4n) is 2.97. The van der Waals surface area contributed by atoms with E-state index in [-0.39, 0.29) is 24.7 Å². The highest BCUT2D eigenvalue weighted by molar-refractivity contribution is 6.02. The molecule has 0 radical (unpaired) electrons. The first kappa shape index (κ1) is 15.7. The molecule has 1 saturated carbocycles. The minimum Gasteiger partial charge on any atom is -0.353 e. The number of hydrogen-bond donors (Lipinski definition) is 1. The lowest BCUT2D eigenvalue weighted by Crippen LogP contribution is -2.29. The summed E-state index contributed by atoms with van der Waals surface area (Å²) in [5.74, 6) is 0.533. The maximum atomic E-state index is 12.2. The van der Waals surface area contributed by atoms with Crippen molar-refractivity contribution in [2.45, 2.75) is 45.1 Å². The number of carbonyl (C=O) groups is 2. The number of rotatable bonds is 6. The highest BCUT2D eigenvalue weighted by Gasteiger charge is 2.36. The predicted molar refractivity (Wildman–Crippen MR) is 88.9 cm³/mol. The van der Waals surface area contributed by atoms with Crippen molar-refractivity contribution in [2.24, 2.45) is 11.0 Å². The van der Waals surface area contributed by atoms with Gasteiger partial charge in [-0.2, -0.15) is 5.10 Å². The summed E-state index contributed by atoms with van der Waals surface area (Å²) in [6.45, 7) is 2.74. The number of hydrazone groups is 1. The van der Waals surface area contributed by atoms with Gasteiger partial charge in [-0.25, -0.2) is 5.01 Å².